The number of nitrogens with zero attached hydrogens (tertiary/aromatic N) is 3. The Balaban J connectivity index is 1.44. The van der Waals surface area contributed by atoms with E-state index in [0.29, 0.717) is 27.2 Å². The molecule has 3 aromatic rings. The van der Waals surface area contributed by atoms with E-state index in [-0.39, 0.29) is 17.9 Å². The molecule has 1 aliphatic carbocycles. The molecule has 3 aliphatic rings. The summed E-state index contributed by atoms with van der Waals surface area (Å²) in [6.45, 7) is 0.336. The Kier molecular flexibility index (Phi) is 6.61. The third-order valence-electron chi connectivity index (χ3n) is 7.17. The van der Waals surface area contributed by atoms with Crippen molar-refractivity contribution in [3.8, 4) is 0 Å². The topological polar surface area (TPSA) is 53.0 Å². The lowest BCUT2D eigenvalue weighted by atomic mass is 9.94. The first-order valence-electron chi connectivity index (χ1n) is 12.7. The molecular weight excluding hydrogens is 502 g/mol. The Morgan fingerprint density at radius 1 is 0.838 bits per heavy atom. The van der Waals surface area contributed by atoms with Gasteiger partial charge in [0.25, 0.3) is 11.8 Å². The molecule has 2 amide bonds. The van der Waals surface area contributed by atoms with E-state index in [1.807, 2.05) is 83.8 Å². The third kappa shape index (κ3) is 4.49. The summed E-state index contributed by atoms with van der Waals surface area (Å²) in [6, 6.07) is 25.0. The molecule has 0 atom stereocenters. The molecule has 0 N–H and O–H groups in total. The van der Waals surface area contributed by atoms with Gasteiger partial charge in [-0.1, -0.05) is 85.5 Å². The summed E-state index contributed by atoms with van der Waals surface area (Å²) in [7, 11) is 0. The van der Waals surface area contributed by atoms with Crippen LogP contribution in [0.5, 0.6) is 0 Å². The molecule has 0 bridgehead atoms. The maximum absolute atomic E-state index is 14.0. The Bertz CT molecular complexity index is 1430. The smallest absolute Gasteiger partial charge is 0.267 e. The maximum atomic E-state index is 14.0. The first-order valence-corrected chi connectivity index (χ1v) is 13.9. The van der Waals surface area contributed by atoms with Crippen LogP contribution in [-0.2, 0) is 16.1 Å². The van der Waals surface area contributed by atoms with E-state index in [1.165, 1.54) is 18.2 Å². The molecule has 1 saturated carbocycles. The van der Waals surface area contributed by atoms with Crippen LogP contribution in [0, 0.1) is 0 Å². The molecule has 2 heterocycles. The van der Waals surface area contributed by atoms with Gasteiger partial charge >= 0.3 is 0 Å². The molecule has 7 heteroatoms. The maximum Gasteiger partial charge on any atom is 0.267 e. The predicted molar refractivity (Wildman–Crippen MR) is 151 cm³/mol. The average molecular weight is 528 g/mol. The number of amides is 2. The highest BCUT2D eigenvalue weighted by atomic mass is 35.5. The fraction of sp³-hybridized carbons (Fsp3) is 0.233. The summed E-state index contributed by atoms with van der Waals surface area (Å²) < 4.78 is 0. The molecule has 3 aromatic carbocycles. The number of halogens is 1. The lowest BCUT2D eigenvalue weighted by Crippen LogP contribution is -2.40. The molecule has 186 valence electrons. The Hall–Kier alpha value is -3.35. The molecule has 5 nitrogen and oxygen atoms in total. The summed E-state index contributed by atoms with van der Waals surface area (Å²) in [5, 5.41) is 1.27. The van der Waals surface area contributed by atoms with Gasteiger partial charge in [-0.05, 0) is 54.4 Å². The molecule has 0 unspecified atom stereocenters. The fourth-order valence-electron chi connectivity index (χ4n) is 5.34. The van der Waals surface area contributed by atoms with Gasteiger partial charge in [0.05, 0.1) is 28.4 Å². The van der Waals surface area contributed by atoms with Crippen molar-refractivity contribution >= 4 is 57.3 Å². The standard InChI is InChI=1S/C30H26ClN3O2S/c31-24-17-9-7-11-20(24)19-33-25-18-10-8-16-23(25)26(28(33)35)27-29(36)34(22-14-5-2-6-15-22)30(37-27)32-21-12-3-1-4-13-21/h1,3-4,7-13,16-18,22H,2,5-6,14-15,19H2/b27-26+,32-30?. The van der Waals surface area contributed by atoms with Crippen molar-refractivity contribution in [1.29, 1.82) is 0 Å². The van der Waals surface area contributed by atoms with Gasteiger partial charge in [0.2, 0.25) is 0 Å². The molecule has 0 spiro atoms. The van der Waals surface area contributed by atoms with E-state index in [4.69, 9.17) is 16.6 Å². The second-order valence-corrected chi connectivity index (χ2v) is 10.9. The predicted octanol–water partition coefficient (Wildman–Crippen LogP) is 7.19. The first-order chi connectivity index (χ1) is 18.1. The number of benzene rings is 3. The van der Waals surface area contributed by atoms with E-state index < -0.39 is 0 Å². The number of thioether (sulfide) groups is 1. The van der Waals surface area contributed by atoms with Crippen LogP contribution >= 0.6 is 23.4 Å². The van der Waals surface area contributed by atoms with Crippen LogP contribution in [-0.4, -0.2) is 27.9 Å². The van der Waals surface area contributed by atoms with Gasteiger partial charge in [0.1, 0.15) is 0 Å². The van der Waals surface area contributed by atoms with Crippen LogP contribution in [0.1, 0.15) is 43.2 Å². The lowest BCUT2D eigenvalue weighted by Gasteiger charge is -2.30. The highest BCUT2D eigenvalue weighted by Gasteiger charge is 2.44. The minimum absolute atomic E-state index is 0.0975. The van der Waals surface area contributed by atoms with Crippen molar-refractivity contribution in [2.45, 2.75) is 44.7 Å². The highest BCUT2D eigenvalue weighted by Crippen LogP contribution is 2.46. The van der Waals surface area contributed by atoms with E-state index >= 15 is 0 Å². The lowest BCUT2D eigenvalue weighted by molar-refractivity contribution is -0.124. The number of aliphatic imine (C=N–C) groups is 1. The van der Waals surface area contributed by atoms with Crippen LogP contribution in [0.25, 0.3) is 5.57 Å². The minimum atomic E-state index is -0.179. The SMILES string of the molecule is O=C1/C(=C2/SC(=Nc3ccccc3)N(C3CCCCC3)C2=O)c2ccccc2N1Cc1ccccc1Cl. The number of amidine groups is 1. The van der Waals surface area contributed by atoms with Gasteiger partial charge in [-0.15, -0.1) is 0 Å². The number of hydrogen-bond donors (Lipinski definition) is 0. The van der Waals surface area contributed by atoms with E-state index in [0.717, 1.165) is 48.2 Å². The van der Waals surface area contributed by atoms with Crippen molar-refractivity contribution in [1.82, 2.24) is 4.90 Å². The number of para-hydroxylation sites is 2. The fourth-order valence-corrected chi connectivity index (χ4v) is 6.69. The molecule has 2 aliphatic heterocycles. The summed E-state index contributed by atoms with van der Waals surface area (Å²) in [5.41, 5.74) is 3.68. The molecule has 37 heavy (non-hydrogen) atoms. The molecule has 0 aromatic heterocycles. The third-order valence-corrected chi connectivity index (χ3v) is 8.59. The Morgan fingerprint density at radius 3 is 2.32 bits per heavy atom. The quantitative estimate of drug-likeness (QED) is 0.337. The van der Waals surface area contributed by atoms with E-state index in [1.54, 1.807) is 4.90 Å². The van der Waals surface area contributed by atoms with Crippen molar-refractivity contribution < 1.29 is 9.59 Å². The van der Waals surface area contributed by atoms with Crippen LogP contribution in [0.2, 0.25) is 5.02 Å². The van der Waals surface area contributed by atoms with Gasteiger partial charge in [-0.25, -0.2) is 4.99 Å². The molecule has 0 radical (unpaired) electrons. The normalized spacial score (nSPS) is 21.3. The van der Waals surface area contributed by atoms with Crippen LogP contribution in [0.3, 0.4) is 0 Å². The van der Waals surface area contributed by atoms with Crippen LogP contribution < -0.4 is 4.90 Å². The monoisotopic (exact) mass is 527 g/mol. The van der Waals surface area contributed by atoms with E-state index in [2.05, 4.69) is 0 Å². The van der Waals surface area contributed by atoms with Gasteiger partial charge < -0.3 is 4.90 Å². The van der Waals surface area contributed by atoms with Gasteiger partial charge in [-0.2, -0.15) is 0 Å². The zero-order chi connectivity index (χ0) is 25.4. The number of hydrogen-bond acceptors (Lipinski definition) is 4. The molecule has 1 saturated heterocycles. The number of rotatable bonds is 4. The second kappa shape index (κ2) is 10.2. The van der Waals surface area contributed by atoms with Crippen molar-refractivity contribution in [2.75, 3.05) is 4.90 Å². The highest BCUT2D eigenvalue weighted by molar-refractivity contribution is 8.18. The Labute approximate surface area is 225 Å². The molecule has 6 rings (SSSR count). The van der Waals surface area contributed by atoms with Gasteiger partial charge in [-0.3, -0.25) is 14.5 Å². The summed E-state index contributed by atoms with van der Waals surface area (Å²) in [6.07, 6.45) is 5.28. The van der Waals surface area contributed by atoms with Crippen LogP contribution in [0.15, 0.2) is 88.8 Å². The number of fused-ring (bicyclic) bond motifs is 1. The molecule has 2 fully saturated rings. The zero-order valence-corrected chi connectivity index (χ0v) is 21.8. The largest absolute Gasteiger partial charge is 0.303 e. The van der Waals surface area contributed by atoms with E-state index in [9.17, 15) is 9.59 Å². The first kappa shape index (κ1) is 24.0. The Morgan fingerprint density at radius 2 is 1.54 bits per heavy atom. The van der Waals surface area contributed by atoms with Crippen molar-refractivity contribution in [3.63, 3.8) is 0 Å². The van der Waals surface area contributed by atoms with Gasteiger partial charge in [0.15, 0.2) is 5.17 Å². The summed E-state index contributed by atoms with van der Waals surface area (Å²) in [5.74, 6) is -0.300. The number of carbonyl (C=O) groups is 2. The summed E-state index contributed by atoms with van der Waals surface area (Å²) in [4.78, 5) is 36.9. The number of anilines is 1. The zero-order valence-electron chi connectivity index (χ0n) is 20.3. The molecular formula is C30H26ClN3O2S. The van der Waals surface area contributed by atoms with Crippen molar-refractivity contribution in [2.24, 2.45) is 4.99 Å². The average Bonchev–Trinajstić information content (AvgIpc) is 3.39. The van der Waals surface area contributed by atoms with Crippen LogP contribution in [0.4, 0.5) is 11.4 Å². The summed E-state index contributed by atoms with van der Waals surface area (Å²) >= 11 is 7.76. The van der Waals surface area contributed by atoms with Crippen molar-refractivity contribution in [3.05, 3.63) is 99.9 Å². The second-order valence-electron chi connectivity index (χ2n) is 9.50. The minimum Gasteiger partial charge on any atom is -0.303 e. The number of carbonyl (C=O) groups excluding carboxylic acids is 2. The van der Waals surface area contributed by atoms with Gasteiger partial charge in [0, 0.05) is 16.6 Å².